The highest BCUT2D eigenvalue weighted by atomic mass is 79.9. The molecule has 0 spiro atoms. The van der Waals surface area contributed by atoms with Gasteiger partial charge in [0.2, 0.25) is 0 Å². The number of nitrogens with zero attached hydrogens (tertiary/aromatic N) is 2. The number of methoxy groups -OCH3 is 1. The number of ether oxygens (including phenoxy) is 1. The number of aromatic carboxylic acids is 1. The summed E-state index contributed by atoms with van der Waals surface area (Å²) >= 11 is 3.48. The van der Waals surface area contributed by atoms with Crippen molar-refractivity contribution in [2.45, 2.75) is 25.8 Å². The molecule has 1 saturated heterocycles. The molecule has 0 saturated carbocycles. The summed E-state index contributed by atoms with van der Waals surface area (Å²) in [6, 6.07) is 3.74. The van der Waals surface area contributed by atoms with Crippen molar-refractivity contribution < 1.29 is 14.6 Å². The van der Waals surface area contributed by atoms with Gasteiger partial charge in [-0.2, -0.15) is 0 Å². The molecule has 1 N–H and O–H groups in total. The van der Waals surface area contributed by atoms with Crippen LogP contribution in [0.2, 0.25) is 0 Å². The lowest BCUT2D eigenvalue weighted by molar-refractivity contribution is 0.0695. The first-order valence-corrected chi connectivity index (χ1v) is 8.62. The summed E-state index contributed by atoms with van der Waals surface area (Å²) < 4.78 is 8.15. The molecule has 2 heterocycles. The molecule has 1 aromatic heterocycles. The Bertz CT molecular complexity index is 748. The topological polar surface area (TPSA) is 54.7 Å². The van der Waals surface area contributed by atoms with Gasteiger partial charge in [-0.3, -0.25) is 4.90 Å². The van der Waals surface area contributed by atoms with E-state index in [2.05, 4.69) is 20.8 Å². The van der Waals surface area contributed by atoms with E-state index < -0.39 is 5.97 Å². The van der Waals surface area contributed by atoms with Crippen LogP contribution < -0.4 is 4.74 Å². The van der Waals surface area contributed by atoms with Crippen LogP contribution in [0.15, 0.2) is 16.6 Å². The molecule has 0 aliphatic carbocycles. The lowest BCUT2D eigenvalue weighted by Crippen LogP contribution is -2.30. The van der Waals surface area contributed by atoms with Crippen LogP contribution in [-0.4, -0.2) is 40.7 Å². The van der Waals surface area contributed by atoms with Gasteiger partial charge in [0.05, 0.1) is 22.7 Å². The van der Waals surface area contributed by atoms with Crippen LogP contribution in [0, 0.1) is 0 Å². The Morgan fingerprint density at radius 2 is 2.00 bits per heavy atom. The molecule has 2 aromatic rings. The highest BCUT2D eigenvalue weighted by Crippen LogP contribution is 2.35. The smallest absolute Gasteiger partial charge is 0.338 e. The van der Waals surface area contributed by atoms with Gasteiger partial charge < -0.3 is 14.4 Å². The number of carbonyl (C=O) groups is 1. The molecular weight excluding hydrogens is 360 g/mol. The highest BCUT2D eigenvalue weighted by Gasteiger charge is 2.24. The summed E-state index contributed by atoms with van der Waals surface area (Å²) in [5.41, 5.74) is 2.15. The van der Waals surface area contributed by atoms with Crippen molar-refractivity contribution in [2.75, 3.05) is 20.2 Å². The molecule has 1 fully saturated rings. The van der Waals surface area contributed by atoms with Crippen LogP contribution in [0.4, 0.5) is 0 Å². The lowest BCUT2D eigenvalue weighted by atomic mass is 10.1. The maximum absolute atomic E-state index is 11.9. The Kier molecular flexibility index (Phi) is 4.64. The van der Waals surface area contributed by atoms with Gasteiger partial charge in [0.25, 0.3) is 0 Å². The van der Waals surface area contributed by atoms with Crippen LogP contribution in [0.3, 0.4) is 0 Å². The van der Waals surface area contributed by atoms with Gasteiger partial charge in [0, 0.05) is 24.7 Å². The second-order valence-electron chi connectivity index (χ2n) is 6.03. The number of benzene rings is 1. The number of aryl methyl sites for hydroxylation is 1. The molecule has 1 aliphatic rings. The van der Waals surface area contributed by atoms with Crippen molar-refractivity contribution in [3.05, 3.63) is 27.9 Å². The SMILES string of the molecule is COc1cc2c(C(=O)O)c(CN3CCCCC3)n(C)c2cc1Br. The van der Waals surface area contributed by atoms with Crippen LogP contribution >= 0.6 is 15.9 Å². The fraction of sp³-hybridized carbons (Fsp3) is 0.471. The summed E-state index contributed by atoms with van der Waals surface area (Å²) in [5, 5.41) is 10.5. The summed E-state index contributed by atoms with van der Waals surface area (Å²) in [6.07, 6.45) is 3.64. The Morgan fingerprint density at radius 3 is 2.61 bits per heavy atom. The fourth-order valence-corrected chi connectivity index (χ4v) is 3.89. The monoisotopic (exact) mass is 380 g/mol. The van der Waals surface area contributed by atoms with Crippen molar-refractivity contribution in [1.29, 1.82) is 0 Å². The third-order valence-electron chi connectivity index (χ3n) is 4.63. The molecule has 0 bridgehead atoms. The minimum Gasteiger partial charge on any atom is -0.496 e. The number of hydrogen-bond donors (Lipinski definition) is 1. The van der Waals surface area contributed by atoms with Crippen molar-refractivity contribution in [3.63, 3.8) is 0 Å². The van der Waals surface area contributed by atoms with Crippen LogP contribution in [0.25, 0.3) is 10.9 Å². The molecule has 0 radical (unpaired) electrons. The predicted molar refractivity (Wildman–Crippen MR) is 93.3 cm³/mol. The normalized spacial score (nSPS) is 16.0. The molecule has 5 nitrogen and oxygen atoms in total. The largest absolute Gasteiger partial charge is 0.496 e. The van der Waals surface area contributed by atoms with Gasteiger partial charge >= 0.3 is 5.97 Å². The number of piperidine rings is 1. The minimum atomic E-state index is -0.882. The third kappa shape index (κ3) is 2.97. The van der Waals surface area contributed by atoms with E-state index in [0.29, 0.717) is 17.9 Å². The van der Waals surface area contributed by atoms with Crippen molar-refractivity contribution in [1.82, 2.24) is 9.47 Å². The average molecular weight is 381 g/mol. The molecule has 0 amide bonds. The molecule has 3 rings (SSSR count). The Labute approximate surface area is 144 Å². The average Bonchev–Trinajstić information content (AvgIpc) is 2.80. The number of rotatable bonds is 4. The van der Waals surface area contributed by atoms with Gasteiger partial charge in [-0.1, -0.05) is 6.42 Å². The number of hydrogen-bond acceptors (Lipinski definition) is 3. The van der Waals surface area contributed by atoms with E-state index in [-0.39, 0.29) is 0 Å². The van der Waals surface area contributed by atoms with Gasteiger partial charge in [-0.25, -0.2) is 4.79 Å². The van der Waals surface area contributed by atoms with Crippen molar-refractivity contribution in [2.24, 2.45) is 7.05 Å². The van der Waals surface area contributed by atoms with E-state index in [1.54, 1.807) is 7.11 Å². The van der Waals surface area contributed by atoms with Gasteiger partial charge in [-0.15, -0.1) is 0 Å². The standard InChI is InChI=1S/C17H21BrN2O3/c1-19-13-9-12(18)15(23-2)8-11(13)16(17(21)22)14(19)10-20-6-4-3-5-7-20/h8-9H,3-7,10H2,1-2H3,(H,21,22). The van der Waals surface area contributed by atoms with Crippen LogP contribution in [0.1, 0.15) is 35.3 Å². The van der Waals surface area contributed by atoms with E-state index >= 15 is 0 Å². The zero-order valence-electron chi connectivity index (χ0n) is 13.4. The summed E-state index contributed by atoms with van der Waals surface area (Å²) in [6.45, 7) is 2.74. The molecule has 1 aliphatic heterocycles. The number of halogens is 1. The van der Waals surface area contributed by atoms with Crippen molar-refractivity contribution in [3.8, 4) is 5.75 Å². The fourth-order valence-electron chi connectivity index (χ4n) is 3.40. The van der Waals surface area contributed by atoms with E-state index in [1.165, 1.54) is 19.3 Å². The third-order valence-corrected chi connectivity index (χ3v) is 5.25. The molecule has 124 valence electrons. The lowest BCUT2D eigenvalue weighted by Gasteiger charge is -2.26. The first kappa shape index (κ1) is 16.3. The highest BCUT2D eigenvalue weighted by molar-refractivity contribution is 9.10. The van der Waals surface area contributed by atoms with Crippen LogP contribution in [0.5, 0.6) is 5.75 Å². The Balaban J connectivity index is 2.13. The first-order chi connectivity index (χ1) is 11.0. The van der Waals surface area contributed by atoms with E-state index in [1.807, 2.05) is 23.7 Å². The maximum atomic E-state index is 11.9. The number of likely N-dealkylation sites (tertiary alicyclic amines) is 1. The summed E-state index contributed by atoms with van der Waals surface area (Å²) in [4.78, 5) is 14.2. The predicted octanol–water partition coefficient (Wildman–Crippen LogP) is 3.63. The van der Waals surface area contributed by atoms with Gasteiger partial charge in [0.1, 0.15) is 5.75 Å². The van der Waals surface area contributed by atoms with Crippen molar-refractivity contribution >= 4 is 32.8 Å². The Hall–Kier alpha value is -1.53. The first-order valence-electron chi connectivity index (χ1n) is 7.83. The zero-order chi connectivity index (χ0) is 16.6. The van der Waals surface area contributed by atoms with Gasteiger partial charge in [0.15, 0.2) is 0 Å². The number of aromatic nitrogens is 1. The summed E-state index contributed by atoms with van der Waals surface area (Å²) in [7, 11) is 3.52. The quantitative estimate of drug-likeness (QED) is 0.879. The van der Waals surface area contributed by atoms with E-state index in [4.69, 9.17) is 4.74 Å². The number of carboxylic acid groups (broad SMARTS) is 1. The summed E-state index contributed by atoms with van der Waals surface area (Å²) in [5.74, 6) is -0.234. The second-order valence-corrected chi connectivity index (χ2v) is 6.88. The van der Waals surface area contributed by atoms with E-state index in [0.717, 1.165) is 34.2 Å². The number of carboxylic acids is 1. The van der Waals surface area contributed by atoms with Crippen LogP contribution in [-0.2, 0) is 13.6 Å². The Morgan fingerprint density at radius 1 is 1.30 bits per heavy atom. The second kappa shape index (κ2) is 6.53. The number of fused-ring (bicyclic) bond motifs is 1. The molecule has 23 heavy (non-hydrogen) atoms. The minimum absolute atomic E-state index is 0.388. The molecule has 1 aromatic carbocycles. The zero-order valence-corrected chi connectivity index (χ0v) is 15.0. The molecular formula is C17H21BrN2O3. The molecule has 6 heteroatoms. The van der Waals surface area contributed by atoms with Gasteiger partial charge in [-0.05, 0) is 54.0 Å². The van der Waals surface area contributed by atoms with E-state index in [9.17, 15) is 9.90 Å². The maximum Gasteiger partial charge on any atom is 0.338 e. The molecule has 0 atom stereocenters. The molecule has 0 unspecified atom stereocenters.